The molecule has 0 aliphatic rings. The summed E-state index contributed by atoms with van der Waals surface area (Å²) in [4.78, 5) is 15.7. The van der Waals surface area contributed by atoms with Gasteiger partial charge in [-0.2, -0.15) is 0 Å². The van der Waals surface area contributed by atoms with E-state index in [1.165, 1.54) is 0 Å². The second kappa shape index (κ2) is 7.96. The van der Waals surface area contributed by atoms with Crippen LogP contribution in [0.5, 0.6) is 0 Å². The lowest BCUT2D eigenvalue weighted by Crippen LogP contribution is -2.38. The van der Waals surface area contributed by atoms with Crippen molar-refractivity contribution in [3.63, 3.8) is 0 Å². The van der Waals surface area contributed by atoms with Crippen LogP contribution >= 0.6 is 11.6 Å². The summed E-state index contributed by atoms with van der Waals surface area (Å²) < 4.78 is 0. The molecule has 1 aromatic rings. The number of carbonyl (C=O) groups excluding carboxylic acids is 1. The zero-order chi connectivity index (χ0) is 14.3. The van der Waals surface area contributed by atoms with Crippen LogP contribution in [0.15, 0.2) is 18.3 Å². The Morgan fingerprint density at radius 3 is 2.89 bits per heavy atom. The van der Waals surface area contributed by atoms with E-state index in [0.29, 0.717) is 5.69 Å². The zero-order valence-corrected chi connectivity index (χ0v) is 11.9. The van der Waals surface area contributed by atoms with Gasteiger partial charge in [0.15, 0.2) is 5.15 Å². The molecule has 0 saturated heterocycles. The van der Waals surface area contributed by atoms with Crippen molar-refractivity contribution in [2.24, 2.45) is 5.92 Å². The van der Waals surface area contributed by atoms with Gasteiger partial charge in [0.25, 0.3) is 0 Å². The summed E-state index contributed by atoms with van der Waals surface area (Å²) in [5, 5.41) is 14.8. The second-order valence-corrected chi connectivity index (χ2v) is 4.93. The number of nitrogens with one attached hydrogen (secondary N) is 2. The highest BCUT2D eigenvalue weighted by Crippen LogP contribution is 2.17. The highest BCUT2D eigenvalue weighted by atomic mass is 35.5. The average molecular weight is 286 g/mol. The molecule has 0 radical (unpaired) electrons. The van der Waals surface area contributed by atoms with Crippen LogP contribution in [0.2, 0.25) is 5.15 Å². The predicted molar refractivity (Wildman–Crippen MR) is 76.3 cm³/mol. The number of urea groups is 1. The van der Waals surface area contributed by atoms with Crippen molar-refractivity contribution in [3.05, 3.63) is 23.5 Å². The number of aliphatic hydroxyl groups excluding tert-OH is 1. The fraction of sp³-hybridized carbons (Fsp3) is 0.538. The Balaban J connectivity index is 2.52. The van der Waals surface area contributed by atoms with E-state index in [1.807, 2.05) is 13.8 Å². The minimum absolute atomic E-state index is 0.0256. The van der Waals surface area contributed by atoms with Crippen molar-refractivity contribution < 1.29 is 9.90 Å². The van der Waals surface area contributed by atoms with Gasteiger partial charge >= 0.3 is 6.03 Å². The lowest BCUT2D eigenvalue weighted by Gasteiger charge is -2.20. The smallest absolute Gasteiger partial charge is 0.319 e. The molecule has 0 saturated carbocycles. The standard InChI is InChI=1S/C13H20ClN3O2/c1-3-10(7-9(2)8-18)16-13(19)17-11-5-4-6-15-12(11)14/h4-6,9-10,18H,3,7-8H2,1-2H3,(H2,16,17,19)/t9-,10-/m1/s1. The zero-order valence-electron chi connectivity index (χ0n) is 11.2. The van der Waals surface area contributed by atoms with E-state index < -0.39 is 0 Å². The van der Waals surface area contributed by atoms with Crippen LogP contribution in [0, 0.1) is 5.92 Å². The van der Waals surface area contributed by atoms with Crippen LogP contribution in [0.3, 0.4) is 0 Å². The van der Waals surface area contributed by atoms with Crippen LogP contribution in [-0.2, 0) is 0 Å². The van der Waals surface area contributed by atoms with Crippen LogP contribution < -0.4 is 10.6 Å². The Labute approximate surface area is 118 Å². The lowest BCUT2D eigenvalue weighted by atomic mass is 10.0. The minimum atomic E-state index is -0.313. The SMILES string of the molecule is CC[C@H](C[C@@H](C)CO)NC(=O)Nc1cccnc1Cl. The van der Waals surface area contributed by atoms with E-state index in [-0.39, 0.29) is 29.8 Å². The van der Waals surface area contributed by atoms with Crippen LogP contribution in [0.25, 0.3) is 0 Å². The Bertz CT molecular complexity index is 415. The largest absolute Gasteiger partial charge is 0.396 e. The van der Waals surface area contributed by atoms with Crippen molar-refractivity contribution in [2.75, 3.05) is 11.9 Å². The average Bonchev–Trinajstić information content (AvgIpc) is 2.40. The Hall–Kier alpha value is -1.33. The molecule has 2 atom stereocenters. The third kappa shape index (κ3) is 5.44. The van der Waals surface area contributed by atoms with E-state index in [1.54, 1.807) is 18.3 Å². The number of aliphatic hydroxyl groups is 1. The fourth-order valence-corrected chi connectivity index (χ4v) is 1.88. The number of carbonyl (C=O) groups is 1. The van der Waals surface area contributed by atoms with E-state index in [9.17, 15) is 4.79 Å². The topological polar surface area (TPSA) is 74.2 Å². The van der Waals surface area contributed by atoms with Crippen molar-refractivity contribution in [1.29, 1.82) is 0 Å². The van der Waals surface area contributed by atoms with Gasteiger partial charge in [0.05, 0.1) is 5.69 Å². The highest BCUT2D eigenvalue weighted by molar-refractivity contribution is 6.32. The van der Waals surface area contributed by atoms with Gasteiger partial charge < -0.3 is 15.7 Å². The molecule has 19 heavy (non-hydrogen) atoms. The quantitative estimate of drug-likeness (QED) is 0.704. The fourth-order valence-electron chi connectivity index (χ4n) is 1.71. The molecular formula is C13H20ClN3O2. The summed E-state index contributed by atoms with van der Waals surface area (Å²) in [5.41, 5.74) is 0.478. The van der Waals surface area contributed by atoms with Gasteiger partial charge in [-0.3, -0.25) is 0 Å². The summed E-state index contributed by atoms with van der Waals surface area (Å²) in [6.45, 7) is 4.06. The molecule has 0 spiro atoms. The first-order valence-corrected chi connectivity index (χ1v) is 6.73. The molecule has 1 rings (SSSR count). The Morgan fingerprint density at radius 1 is 1.58 bits per heavy atom. The molecule has 2 amide bonds. The summed E-state index contributed by atoms with van der Waals surface area (Å²) in [6.07, 6.45) is 3.10. The summed E-state index contributed by atoms with van der Waals surface area (Å²) >= 11 is 5.86. The molecule has 0 bridgehead atoms. The molecule has 5 nitrogen and oxygen atoms in total. The molecule has 0 aliphatic carbocycles. The summed E-state index contributed by atoms with van der Waals surface area (Å²) in [7, 11) is 0. The van der Waals surface area contributed by atoms with E-state index in [4.69, 9.17) is 16.7 Å². The molecule has 0 unspecified atom stereocenters. The van der Waals surface area contributed by atoms with E-state index >= 15 is 0 Å². The van der Waals surface area contributed by atoms with Crippen LogP contribution in [0.4, 0.5) is 10.5 Å². The maximum Gasteiger partial charge on any atom is 0.319 e. The Kier molecular flexibility index (Phi) is 6.59. The molecule has 106 valence electrons. The molecule has 3 N–H and O–H groups in total. The van der Waals surface area contributed by atoms with Gasteiger partial charge in [-0.25, -0.2) is 9.78 Å². The maximum absolute atomic E-state index is 11.8. The molecular weight excluding hydrogens is 266 g/mol. The normalized spacial score (nSPS) is 13.7. The van der Waals surface area contributed by atoms with Crippen molar-refractivity contribution >= 4 is 23.3 Å². The maximum atomic E-state index is 11.8. The van der Waals surface area contributed by atoms with Crippen molar-refractivity contribution in [1.82, 2.24) is 10.3 Å². The first-order valence-electron chi connectivity index (χ1n) is 6.35. The summed E-state index contributed by atoms with van der Waals surface area (Å²) in [6, 6.07) is 3.10. The van der Waals surface area contributed by atoms with Crippen LogP contribution in [0.1, 0.15) is 26.7 Å². The number of anilines is 1. The Morgan fingerprint density at radius 2 is 2.32 bits per heavy atom. The molecule has 0 aliphatic heterocycles. The number of hydrogen-bond donors (Lipinski definition) is 3. The third-order valence-corrected chi connectivity index (χ3v) is 3.14. The monoisotopic (exact) mass is 285 g/mol. The van der Waals surface area contributed by atoms with Crippen LogP contribution in [-0.4, -0.2) is 28.8 Å². The number of pyridine rings is 1. The number of amides is 2. The highest BCUT2D eigenvalue weighted by Gasteiger charge is 2.14. The number of hydrogen-bond acceptors (Lipinski definition) is 3. The first-order chi connectivity index (χ1) is 9.06. The molecule has 0 fully saturated rings. The van der Waals surface area contributed by atoms with Gasteiger partial charge in [-0.05, 0) is 30.9 Å². The molecule has 1 heterocycles. The van der Waals surface area contributed by atoms with Gasteiger partial charge in [-0.15, -0.1) is 0 Å². The summed E-state index contributed by atoms with van der Waals surface area (Å²) in [5.74, 6) is 0.159. The molecule has 0 aromatic carbocycles. The first kappa shape index (κ1) is 15.7. The number of halogens is 1. The third-order valence-electron chi connectivity index (χ3n) is 2.83. The number of aromatic nitrogens is 1. The number of nitrogens with zero attached hydrogens (tertiary/aromatic N) is 1. The van der Waals surface area contributed by atoms with Gasteiger partial charge in [0.1, 0.15) is 0 Å². The van der Waals surface area contributed by atoms with Crippen molar-refractivity contribution in [2.45, 2.75) is 32.7 Å². The van der Waals surface area contributed by atoms with Gasteiger partial charge in [-0.1, -0.05) is 25.4 Å². The lowest BCUT2D eigenvalue weighted by molar-refractivity contribution is 0.213. The van der Waals surface area contributed by atoms with E-state index in [2.05, 4.69) is 15.6 Å². The molecule has 6 heteroatoms. The second-order valence-electron chi connectivity index (χ2n) is 4.57. The minimum Gasteiger partial charge on any atom is -0.396 e. The van der Waals surface area contributed by atoms with E-state index in [0.717, 1.165) is 12.8 Å². The molecule has 1 aromatic heterocycles. The number of rotatable bonds is 6. The van der Waals surface area contributed by atoms with Gasteiger partial charge in [0, 0.05) is 18.8 Å². The van der Waals surface area contributed by atoms with Gasteiger partial charge in [0.2, 0.25) is 0 Å². The van der Waals surface area contributed by atoms with Crippen molar-refractivity contribution in [3.8, 4) is 0 Å². The predicted octanol–water partition coefficient (Wildman–Crippen LogP) is 2.65.